The SMILES string of the molecule is Cc1cc(C)nc(SCC(=O)NN=Cc2ccc(N(C)C)cc2)n1. The van der Waals surface area contributed by atoms with Crippen LogP contribution in [0.1, 0.15) is 17.0 Å². The lowest BCUT2D eigenvalue weighted by molar-refractivity contribution is -0.118. The van der Waals surface area contributed by atoms with Gasteiger partial charge in [-0.2, -0.15) is 5.10 Å². The van der Waals surface area contributed by atoms with Crippen LogP contribution < -0.4 is 10.3 Å². The molecular formula is C17H21N5OS. The van der Waals surface area contributed by atoms with E-state index >= 15 is 0 Å². The smallest absolute Gasteiger partial charge is 0.250 e. The minimum absolute atomic E-state index is 0.191. The van der Waals surface area contributed by atoms with E-state index in [-0.39, 0.29) is 11.7 Å². The minimum Gasteiger partial charge on any atom is -0.378 e. The van der Waals surface area contributed by atoms with Gasteiger partial charge >= 0.3 is 0 Å². The molecule has 2 aromatic rings. The van der Waals surface area contributed by atoms with Crippen molar-refractivity contribution < 1.29 is 4.79 Å². The summed E-state index contributed by atoms with van der Waals surface area (Å²) in [5, 5.41) is 4.57. The van der Waals surface area contributed by atoms with Gasteiger partial charge in [-0.15, -0.1) is 0 Å². The number of hydrazone groups is 1. The van der Waals surface area contributed by atoms with Crippen LogP contribution in [0, 0.1) is 13.8 Å². The van der Waals surface area contributed by atoms with Crippen molar-refractivity contribution in [1.82, 2.24) is 15.4 Å². The molecule has 0 aliphatic heterocycles. The number of thioether (sulfide) groups is 1. The Morgan fingerprint density at radius 3 is 2.42 bits per heavy atom. The van der Waals surface area contributed by atoms with Gasteiger partial charge in [0.2, 0.25) is 0 Å². The van der Waals surface area contributed by atoms with Gasteiger partial charge in [0.25, 0.3) is 5.91 Å². The highest BCUT2D eigenvalue weighted by molar-refractivity contribution is 7.99. The number of amides is 1. The van der Waals surface area contributed by atoms with Gasteiger partial charge in [-0.25, -0.2) is 15.4 Å². The Hall–Kier alpha value is -2.41. The van der Waals surface area contributed by atoms with Gasteiger partial charge in [0.05, 0.1) is 12.0 Å². The maximum atomic E-state index is 11.8. The average Bonchev–Trinajstić information content (AvgIpc) is 2.52. The van der Waals surface area contributed by atoms with Crippen LogP contribution in [0.5, 0.6) is 0 Å². The monoisotopic (exact) mass is 343 g/mol. The number of nitrogens with zero attached hydrogens (tertiary/aromatic N) is 4. The molecule has 1 aromatic carbocycles. The number of hydrogen-bond donors (Lipinski definition) is 1. The van der Waals surface area contributed by atoms with E-state index in [9.17, 15) is 4.79 Å². The minimum atomic E-state index is -0.191. The molecule has 0 saturated heterocycles. The molecule has 1 amide bonds. The summed E-state index contributed by atoms with van der Waals surface area (Å²) in [6, 6.07) is 9.79. The van der Waals surface area contributed by atoms with Gasteiger partial charge in [-0.1, -0.05) is 23.9 Å². The molecule has 0 bridgehead atoms. The Bertz CT molecular complexity index is 708. The van der Waals surface area contributed by atoms with Gasteiger partial charge in [0.1, 0.15) is 0 Å². The molecule has 0 saturated carbocycles. The predicted molar refractivity (Wildman–Crippen MR) is 98.7 cm³/mol. The van der Waals surface area contributed by atoms with Gasteiger partial charge in [-0.3, -0.25) is 4.79 Å². The Kier molecular flexibility index (Phi) is 6.31. The van der Waals surface area contributed by atoms with Crippen molar-refractivity contribution in [3.05, 3.63) is 47.3 Å². The lowest BCUT2D eigenvalue weighted by Crippen LogP contribution is -2.19. The van der Waals surface area contributed by atoms with Crippen molar-refractivity contribution in [3.8, 4) is 0 Å². The van der Waals surface area contributed by atoms with E-state index in [0.717, 1.165) is 22.6 Å². The topological polar surface area (TPSA) is 70.5 Å². The molecular weight excluding hydrogens is 322 g/mol. The van der Waals surface area contributed by atoms with Gasteiger partial charge < -0.3 is 4.90 Å². The number of anilines is 1. The second-order valence-corrected chi connectivity index (χ2v) is 6.44. The summed E-state index contributed by atoms with van der Waals surface area (Å²) >= 11 is 1.29. The lowest BCUT2D eigenvalue weighted by atomic mass is 10.2. The van der Waals surface area contributed by atoms with Crippen LogP contribution in [0.15, 0.2) is 40.6 Å². The molecule has 0 unspecified atom stereocenters. The quantitative estimate of drug-likeness (QED) is 0.377. The second kappa shape index (κ2) is 8.44. The summed E-state index contributed by atoms with van der Waals surface area (Å²) in [7, 11) is 3.97. The number of nitrogens with one attached hydrogen (secondary N) is 1. The number of hydrogen-bond acceptors (Lipinski definition) is 6. The molecule has 1 N–H and O–H groups in total. The van der Waals surface area contributed by atoms with E-state index in [2.05, 4.69) is 20.5 Å². The highest BCUT2D eigenvalue weighted by Crippen LogP contribution is 2.13. The number of rotatable bonds is 6. The molecule has 0 fully saturated rings. The van der Waals surface area contributed by atoms with Crippen LogP contribution in [0.25, 0.3) is 0 Å². The van der Waals surface area contributed by atoms with Crippen LogP contribution in [-0.4, -0.2) is 41.9 Å². The molecule has 126 valence electrons. The molecule has 0 aliphatic rings. The standard InChI is InChI=1S/C17H21N5OS/c1-12-9-13(2)20-17(19-12)24-11-16(23)21-18-10-14-5-7-15(8-6-14)22(3)4/h5-10H,11H2,1-4H3,(H,21,23). The van der Waals surface area contributed by atoms with Crippen molar-refractivity contribution in [2.45, 2.75) is 19.0 Å². The van der Waals surface area contributed by atoms with E-state index in [1.54, 1.807) is 6.21 Å². The molecule has 1 heterocycles. The van der Waals surface area contributed by atoms with Crippen molar-refractivity contribution >= 4 is 29.6 Å². The van der Waals surface area contributed by atoms with Crippen molar-refractivity contribution in [1.29, 1.82) is 0 Å². The Morgan fingerprint density at radius 2 is 1.83 bits per heavy atom. The third-order valence-electron chi connectivity index (χ3n) is 3.11. The third kappa shape index (κ3) is 5.66. The summed E-state index contributed by atoms with van der Waals surface area (Å²) in [6.07, 6.45) is 1.62. The Morgan fingerprint density at radius 1 is 1.21 bits per heavy atom. The first-order chi connectivity index (χ1) is 11.4. The molecule has 1 aromatic heterocycles. The van der Waals surface area contributed by atoms with Crippen LogP contribution in [0.4, 0.5) is 5.69 Å². The Labute approximate surface area is 146 Å². The molecule has 0 radical (unpaired) electrons. The van der Waals surface area contributed by atoms with E-state index < -0.39 is 0 Å². The molecule has 2 rings (SSSR count). The Balaban J connectivity index is 1.82. The van der Waals surface area contributed by atoms with E-state index in [1.165, 1.54) is 11.8 Å². The fourth-order valence-electron chi connectivity index (χ4n) is 1.96. The van der Waals surface area contributed by atoms with Crippen molar-refractivity contribution in [2.75, 3.05) is 24.7 Å². The number of aromatic nitrogens is 2. The average molecular weight is 343 g/mol. The van der Waals surface area contributed by atoms with Crippen LogP contribution in [0.3, 0.4) is 0 Å². The molecule has 24 heavy (non-hydrogen) atoms. The normalized spacial score (nSPS) is 10.8. The molecule has 0 spiro atoms. The van der Waals surface area contributed by atoms with Gasteiger partial charge in [0.15, 0.2) is 5.16 Å². The third-order valence-corrected chi connectivity index (χ3v) is 3.95. The largest absolute Gasteiger partial charge is 0.378 e. The summed E-state index contributed by atoms with van der Waals surface area (Å²) in [5.74, 6) is 0.0312. The number of carbonyl (C=O) groups excluding carboxylic acids is 1. The predicted octanol–water partition coefficient (Wildman–Crippen LogP) is 2.40. The van der Waals surface area contributed by atoms with Crippen LogP contribution in [-0.2, 0) is 4.79 Å². The van der Waals surface area contributed by atoms with Crippen LogP contribution >= 0.6 is 11.8 Å². The number of carbonyl (C=O) groups is 1. The fraction of sp³-hybridized carbons (Fsp3) is 0.294. The highest BCUT2D eigenvalue weighted by atomic mass is 32.2. The molecule has 0 aliphatic carbocycles. The molecule has 7 heteroatoms. The van der Waals surface area contributed by atoms with Crippen molar-refractivity contribution in [2.24, 2.45) is 5.10 Å². The number of aryl methyl sites for hydroxylation is 2. The van der Waals surface area contributed by atoms with E-state index in [1.807, 2.05) is 63.2 Å². The highest BCUT2D eigenvalue weighted by Gasteiger charge is 2.05. The zero-order valence-corrected chi connectivity index (χ0v) is 15.1. The summed E-state index contributed by atoms with van der Waals surface area (Å²) < 4.78 is 0. The van der Waals surface area contributed by atoms with E-state index in [0.29, 0.717) is 5.16 Å². The summed E-state index contributed by atoms with van der Waals surface area (Å²) in [6.45, 7) is 3.81. The number of benzene rings is 1. The van der Waals surface area contributed by atoms with E-state index in [4.69, 9.17) is 0 Å². The maximum Gasteiger partial charge on any atom is 0.250 e. The first kappa shape index (κ1) is 17.9. The van der Waals surface area contributed by atoms with Crippen molar-refractivity contribution in [3.63, 3.8) is 0 Å². The lowest BCUT2D eigenvalue weighted by Gasteiger charge is -2.11. The first-order valence-electron chi connectivity index (χ1n) is 7.48. The zero-order chi connectivity index (χ0) is 17.5. The first-order valence-corrected chi connectivity index (χ1v) is 8.47. The maximum absolute atomic E-state index is 11.8. The zero-order valence-electron chi connectivity index (χ0n) is 14.3. The van der Waals surface area contributed by atoms with Gasteiger partial charge in [0, 0.05) is 31.2 Å². The van der Waals surface area contributed by atoms with Gasteiger partial charge in [-0.05, 0) is 37.6 Å². The summed E-state index contributed by atoms with van der Waals surface area (Å²) in [5.41, 5.74) is 6.33. The second-order valence-electron chi connectivity index (χ2n) is 5.50. The molecule has 6 nitrogen and oxygen atoms in total. The molecule has 0 atom stereocenters. The fourth-order valence-corrected chi connectivity index (χ4v) is 2.70. The summed E-state index contributed by atoms with van der Waals surface area (Å²) in [4.78, 5) is 22.4. The van der Waals surface area contributed by atoms with Crippen LogP contribution in [0.2, 0.25) is 0 Å².